The average molecular weight is 245 g/mol. The molecule has 0 atom stereocenters. The van der Waals surface area contributed by atoms with E-state index in [1.165, 1.54) is 0 Å². The third-order valence-corrected chi connectivity index (χ3v) is 3.33. The summed E-state index contributed by atoms with van der Waals surface area (Å²) in [6.07, 6.45) is 0.860. The molecule has 0 unspecified atom stereocenters. The molecule has 2 heteroatoms. The molecule has 2 aromatic carbocycles. The summed E-state index contributed by atoms with van der Waals surface area (Å²) in [5, 5.41) is 0.752. The first kappa shape index (κ1) is 11.9. The highest BCUT2D eigenvalue weighted by molar-refractivity contribution is 6.31. The summed E-state index contributed by atoms with van der Waals surface area (Å²) < 4.78 is 0. The van der Waals surface area contributed by atoms with Crippen molar-refractivity contribution in [1.82, 2.24) is 0 Å². The van der Waals surface area contributed by atoms with Crippen molar-refractivity contribution in [3.05, 3.63) is 58.1 Å². The molecule has 0 radical (unpaired) electrons. The molecule has 0 N–H and O–H groups in total. The summed E-state index contributed by atoms with van der Waals surface area (Å²) in [4.78, 5) is 10.8. The van der Waals surface area contributed by atoms with Gasteiger partial charge in [0.2, 0.25) is 0 Å². The molecule has 0 heterocycles. The monoisotopic (exact) mass is 244 g/mol. The maximum atomic E-state index is 10.8. The molecule has 0 aromatic heterocycles. The summed E-state index contributed by atoms with van der Waals surface area (Å²) in [5.41, 5.74) is 5.04. The summed E-state index contributed by atoms with van der Waals surface area (Å²) in [6.45, 7) is 4.05. The average Bonchev–Trinajstić information content (AvgIpc) is 2.35. The number of hydrogen-bond acceptors (Lipinski definition) is 1. The fraction of sp³-hybridized carbons (Fsp3) is 0.133. The van der Waals surface area contributed by atoms with Crippen LogP contribution < -0.4 is 0 Å². The topological polar surface area (TPSA) is 17.1 Å². The van der Waals surface area contributed by atoms with Crippen molar-refractivity contribution < 1.29 is 4.79 Å². The van der Waals surface area contributed by atoms with Crippen molar-refractivity contribution in [2.24, 2.45) is 0 Å². The lowest BCUT2D eigenvalue weighted by Gasteiger charge is -2.11. The molecule has 86 valence electrons. The number of hydrogen-bond donors (Lipinski definition) is 0. The van der Waals surface area contributed by atoms with Crippen molar-refractivity contribution in [2.75, 3.05) is 0 Å². The SMILES string of the molecule is Cc1ccc(Cl)c(C)c1-c1cccc(C=O)c1. The van der Waals surface area contributed by atoms with Crippen LogP contribution in [0, 0.1) is 13.8 Å². The normalized spacial score (nSPS) is 10.3. The number of rotatable bonds is 2. The molecule has 17 heavy (non-hydrogen) atoms. The van der Waals surface area contributed by atoms with Gasteiger partial charge in [-0.25, -0.2) is 0 Å². The van der Waals surface area contributed by atoms with Crippen LogP contribution in [0.2, 0.25) is 5.02 Å². The first-order chi connectivity index (χ1) is 8.13. The van der Waals surface area contributed by atoms with E-state index in [4.69, 9.17) is 11.6 Å². The van der Waals surface area contributed by atoms with Gasteiger partial charge in [-0.15, -0.1) is 0 Å². The molecule has 0 aliphatic carbocycles. The first-order valence-electron chi connectivity index (χ1n) is 5.45. The van der Waals surface area contributed by atoms with Crippen LogP contribution in [0.5, 0.6) is 0 Å². The zero-order chi connectivity index (χ0) is 12.4. The Kier molecular flexibility index (Phi) is 3.30. The molecule has 0 bridgehead atoms. The van der Waals surface area contributed by atoms with E-state index < -0.39 is 0 Å². The Balaban J connectivity index is 2.67. The lowest BCUT2D eigenvalue weighted by molar-refractivity contribution is 0.112. The van der Waals surface area contributed by atoms with Gasteiger partial charge in [-0.3, -0.25) is 4.79 Å². The van der Waals surface area contributed by atoms with E-state index in [-0.39, 0.29) is 0 Å². The van der Waals surface area contributed by atoms with Crippen LogP contribution >= 0.6 is 11.6 Å². The van der Waals surface area contributed by atoms with Gasteiger partial charge in [0.15, 0.2) is 0 Å². The predicted molar refractivity (Wildman–Crippen MR) is 71.7 cm³/mol. The van der Waals surface area contributed by atoms with Gasteiger partial charge in [0, 0.05) is 10.6 Å². The fourth-order valence-electron chi connectivity index (χ4n) is 2.03. The van der Waals surface area contributed by atoms with Crippen molar-refractivity contribution in [2.45, 2.75) is 13.8 Å². The van der Waals surface area contributed by atoms with Gasteiger partial charge in [0.25, 0.3) is 0 Å². The molecule has 0 amide bonds. The van der Waals surface area contributed by atoms with Crippen molar-refractivity contribution in [1.29, 1.82) is 0 Å². The van der Waals surface area contributed by atoms with Crippen LogP contribution in [-0.2, 0) is 0 Å². The Labute approximate surface area is 106 Å². The summed E-state index contributed by atoms with van der Waals surface area (Å²) >= 11 is 6.14. The molecule has 2 rings (SSSR count). The maximum Gasteiger partial charge on any atom is 0.150 e. The minimum absolute atomic E-state index is 0.682. The van der Waals surface area contributed by atoms with E-state index >= 15 is 0 Å². The lowest BCUT2D eigenvalue weighted by atomic mass is 9.95. The van der Waals surface area contributed by atoms with Crippen molar-refractivity contribution >= 4 is 17.9 Å². The van der Waals surface area contributed by atoms with Gasteiger partial charge >= 0.3 is 0 Å². The maximum absolute atomic E-state index is 10.8. The van der Waals surface area contributed by atoms with Gasteiger partial charge in [0.1, 0.15) is 6.29 Å². The molecular formula is C15H13ClO. The van der Waals surface area contributed by atoms with E-state index in [0.717, 1.165) is 33.6 Å². The molecule has 0 spiro atoms. The second-order valence-electron chi connectivity index (χ2n) is 4.11. The van der Waals surface area contributed by atoms with Gasteiger partial charge < -0.3 is 0 Å². The Bertz CT molecular complexity index is 573. The summed E-state index contributed by atoms with van der Waals surface area (Å²) in [6, 6.07) is 11.5. The number of benzene rings is 2. The van der Waals surface area contributed by atoms with Gasteiger partial charge in [0.05, 0.1) is 0 Å². The van der Waals surface area contributed by atoms with Gasteiger partial charge in [-0.2, -0.15) is 0 Å². The lowest BCUT2D eigenvalue weighted by Crippen LogP contribution is -1.90. The molecule has 2 aromatic rings. The van der Waals surface area contributed by atoms with E-state index in [1.54, 1.807) is 6.07 Å². The zero-order valence-electron chi connectivity index (χ0n) is 9.83. The Hall–Kier alpha value is -1.60. The van der Waals surface area contributed by atoms with Crippen LogP contribution in [0.1, 0.15) is 21.5 Å². The minimum atomic E-state index is 0.682. The second kappa shape index (κ2) is 4.72. The highest BCUT2D eigenvalue weighted by atomic mass is 35.5. The van der Waals surface area contributed by atoms with E-state index in [0.29, 0.717) is 5.56 Å². The first-order valence-corrected chi connectivity index (χ1v) is 5.82. The molecule has 0 aliphatic rings. The van der Waals surface area contributed by atoms with E-state index in [1.807, 2.05) is 44.2 Å². The molecule has 0 aliphatic heterocycles. The summed E-state index contributed by atoms with van der Waals surface area (Å²) in [7, 11) is 0. The van der Waals surface area contributed by atoms with E-state index in [2.05, 4.69) is 0 Å². The predicted octanol–water partition coefficient (Wildman–Crippen LogP) is 4.44. The third-order valence-electron chi connectivity index (χ3n) is 2.92. The largest absolute Gasteiger partial charge is 0.298 e. The Morgan fingerprint density at radius 3 is 2.59 bits per heavy atom. The standard InChI is InChI=1S/C15H13ClO/c1-10-6-7-14(16)11(2)15(10)13-5-3-4-12(8-13)9-17/h3-9H,1-2H3. The Morgan fingerprint density at radius 1 is 1.12 bits per heavy atom. The number of carbonyl (C=O) groups is 1. The highest BCUT2D eigenvalue weighted by Gasteiger charge is 2.08. The molecule has 0 saturated carbocycles. The van der Waals surface area contributed by atoms with Crippen LogP contribution in [0.3, 0.4) is 0 Å². The number of carbonyl (C=O) groups excluding carboxylic acids is 1. The van der Waals surface area contributed by atoms with Crippen LogP contribution in [0.4, 0.5) is 0 Å². The second-order valence-corrected chi connectivity index (χ2v) is 4.51. The van der Waals surface area contributed by atoms with Crippen LogP contribution in [0.15, 0.2) is 36.4 Å². The zero-order valence-corrected chi connectivity index (χ0v) is 10.6. The summed E-state index contributed by atoms with van der Waals surface area (Å²) in [5.74, 6) is 0. The van der Waals surface area contributed by atoms with Crippen LogP contribution in [-0.4, -0.2) is 6.29 Å². The number of aryl methyl sites for hydroxylation is 1. The highest BCUT2D eigenvalue weighted by Crippen LogP contribution is 2.31. The smallest absolute Gasteiger partial charge is 0.150 e. The molecular weight excluding hydrogens is 232 g/mol. The van der Waals surface area contributed by atoms with Crippen molar-refractivity contribution in [3.63, 3.8) is 0 Å². The van der Waals surface area contributed by atoms with Crippen LogP contribution in [0.25, 0.3) is 11.1 Å². The molecule has 1 nitrogen and oxygen atoms in total. The van der Waals surface area contributed by atoms with E-state index in [9.17, 15) is 4.79 Å². The molecule has 0 fully saturated rings. The minimum Gasteiger partial charge on any atom is -0.298 e. The quantitative estimate of drug-likeness (QED) is 0.714. The molecule has 0 saturated heterocycles. The number of halogens is 1. The third kappa shape index (κ3) is 2.25. The van der Waals surface area contributed by atoms with Gasteiger partial charge in [-0.1, -0.05) is 35.9 Å². The van der Waals surface area contributed by atoms with Gasteiger partial charge in [-0.05, 0) is 48.2 Å². The fourth-order valence-corrected chi connectivity index (χ4v) is 2.19. The van der Waals surface area contributed by atoms with Crippen molar-refractivity contribution in [3.8, 4) is 11.1 Å². The Morgan fingerprint density at radius 2 is 1.88 bits per heavy atom. The number of aldehydes is 1.